The molecule has 0 fully saturated rings. The van der Waals surface area contributed by atoms with Gasteiger partial charge in [0, 0.05) is 5.54 Å². The third-order valence-corrected chi connectivity index (χ3v) is 3.14. The first-order valence-electron chi connectivity index (χ1n) is 7.33. The van der Waals surface area contributed by atoms with E-state index in [1.54, 1.807) is 20.8 Å². The highest BCUT2D eigenvalue weighted by Gasteiger charge is 2.31. The molecule has 1 N–H and O–H groups in total. The van der Waals surface area contributed by atoms with Crippen LogP contribution in [-0.2, 0) is 20.4 Å². The lowest BCUT2D eigenvalue weighted by atomic mass is 10.1. The summed E-state index contributed by atoms with van der Waals surface area (Å²) >= 11 is 0. The SMILES string of the molecule is CC(C)(C)N(CC(=O)O)C(=O)OCOC(=O)c1ccc(C(F)(F)F)cc1. The van der Waals surface area contributed by atoms with E-state index in [4.69, 9.17) is 9.84 Å². The molecular weight excluding hydrogens is 359 g/mol. The van der Waals surface area contributed by atoms with E-state index in [1.165, 1.54) is 0 Å². The van der Waals surface area contributed by atoms with E-state index in [0.29, 0.717) is 0 Å². The van der Waals surface area contributed by atoms with Crippen LogP contribution in [0, 0.1) is 0 Å². The van der Waals surface area contributed by atoms with Crippen LogP contribution in [-0.4, -0.2) is 46.9 Å². The van der Waals surface area contributed by atoms with E-state index < -0.39 is 48.6 Å². The molecule has 0 saturated carbocycles. The number of carboxylic acids is 1. The minimum atomic E-state index is -4.53. The minimum Gasteiger partial charge on any atom is -0.480 e. The zero-order valence-electron chi connectivity index (χ0n) is 14.3. The number of rotatable bonds is 5. The summed E-state index contributed by atoms with van der Waals surface area (Å²) in [5.74, 6) is -2.24. The Hall–Kier alpha value is -2.78. The van der Waals surface area contributed by atoms with Crippen molar-refractivity contribution in [3.63, 3.8) is 0 Å². The third kappa shape index (κ3) is 6.26. The number of ether oxygens (including phenoxy) is 2. The Bertz CT molecular complexity index is 664. The first kappa shape index (κ1) is 21.3. The van der Waals surface area contributed by atoms with Gasteiger partial charge in [0.1, 0.15) is 6.54 Å². The van der Waals surface area contributed by atoms with Gasteiger partial charge in [-0.25, -0.2) is 9.59 Å². The second-order valence-corrected chi connectivity index (χ2v) is 6.19. The summed E-state index contributed by atoms with van der Waals surface area (Å²) in [4.78, 5) is 35.4. The van der Waals surface area contributed by atoms with Gasteiger partial charge in [-0.2, -0.15) is 13.2 Å². The lowest BCUT2D eigenvalue weighted by molar-refractivity contribution is -0.139. The van der Waals surface area contributed by atoms with Crippen molar-refractivity contribution >= 4 is 18.0 Å². The molecule has 7 nitrogen and oxygen atoms in total. The predicted molar refractivity (Wildman–Crippen MR) is 82.3 cm³/mol. The Labute approximate surface area is 147 Å². The van der Waals surface area contributed by atoms with E-state index in [9.17, 15) is 27.6 Å². The van der Waals surface area contributed by atoms with Crippen LogP contribution in [0.4, 0.5) is 18.0 Å². The predicted octanol–water partition coefficient (Wildman–Crippen LogP) is 3.14. The molecule has 0 aliphatic rings. The molecule has 1 aromatic rings. The Morgan fingerprint density at radius 2 is 1.58 bits per heavy atom. The lowest BCUT2D eigenvalue weighted by Gasteiger charge is -2.33. The van der Waals surface area contributed by atoms with Gasteiger partial charge in [-0.05, 0) is 45.0 Å². The number of hydrogen-bond acceptors (Lipinski definition) is 5. The number of carbonyl (C=O) groups is 3. The quantitative estimate of drug-likeness (QED) is 0.626. The molecule has 0 aromatic heterocycles. The summed E-state index contributed by atoms with van der Waals surface area (Å²) in [6.45, 7) is 3.34. The van der Waals surface area contributed by atoms with Crippen molar-refractivity contribution in [1.29, 1.82) is 0 Å². The van der Waals surface area contributed by atoms with Gasteiger partial charge in [-0.3, -0.25) is 9.69 Å². The summed E-state index contributed by atoms with van der Waals surface area (Å²) in [6, 6.07) is 3.30. The second kappa shape index (κ2) is 8.07. The first-order chi connectivity index (χ1) is 11.8. The fourth-order valence-corrected chi connectivity index (χ4v) is 1.80. The highest BCUT2D eigenvalue weighted by atomic mass is 19.4. The van der Waals surface area contributed by atoms with E-state index >= 15 is 0 Å². The number of aliphatic carboxylic acids is 1. The Balaban J connectivity index is 2.62. The Morgan fingerprint density at radius 3 is 2.00 bits per heavy atom. The van der Waals surface area contributed by atoms with Gasteiger partial charge in [0.15, 0.2) is 0 Å². The van der Waals surface area contributed by atoms with Gasteiger partial charge in [0.2, 0.25) is 6.79 Å². The van der Waals surface area contributed by atoms with Crippen molar-refractivity contribution in [3.05, 3.63) is 35.4 Å². The van der Waals surface area contributed by atoms with Crippen molar-refractivity contribution in [2.24, 2.45) is 0 Å². The van der Waals surface area contributed by atoms with Gasteiger partial charge in [0.05, 0.1) is 11.1 Å². The van der Waals surface area contributed by atoms with Crippen LogP contribution >= 0.6 is 0 Å². The zero-order chi connectivity index (χ0) is 20.1. The van der Waals surface area contributed by atoms with Gasteiger partial charge in [-0.1, -0.05) is 0 Å². The number of halogens is 3. The smallest absolute Gasteiger partial charge is 0.416 e. The van der Waals surface area contributed by atoms with Gasteiger partial charge in [0.25, 0.3) is 0 Å². The number of nitrogens with zero attached hydrogens (tertiary/aromatic N) is 1. The van der Waals surface area contributed by atoms with E-state index in [1.807, 2.05) is 0 Å². The molecule has 0 radical (unpaired) electrons. The molecule has 0 spiro atoms. The number of alkyl halides is 3. The fourth-order valence-electron chi connectivity index (χ4n) is 1.80. The maximum Gasteiger partial charge on any atom is 0.416 e. The molecule has 144 valence electrons. The van der Waals surface area contributed by atoms with Crippen molar-refractivity contribution in [2.75, 3.05) is 13.3 Å². The van der Waals surface area contributed by atoms with Crippen LogP contribution in [0.3, 0.4) is 0 Å². The molecule has 0 atom stereocenters. The van der Waals surface area contributed by atoms with Crippen LogP contribution in [0.2, 0.25) is 0 Å². The average molecular weight is 377 g/mol. The largest absolute Gasteiger partial charge is 0.480 e. The Morgan fingerprint density at radius 1 is 1.04 bits per heavy atom. The summed E-state index contributed by atoms with van der Waals surface area (Å²) in [5.41, 5.74) is -1.94. The molecule has 1 aromatic carbocycles. The first-order valence-corrected chi connectivity index (χ1v) is 7.33. The normalized spacial score (nSPS) is 11.6. The number of carbonyl (C=O) groups excluding carboxylic acids is 2. The monoisotopic (exact) mass is 377 g/mol. The highest BCUT2D eigenvalue weighted by Crippen LogP contribution is 2.29. The molecular formula is C16H18F3NO6. The van der Waals surface area contributed by atoms with Gasteiger partial charge >= 0.3 is 24.2 Å². The molecule has 0 heterocycles. The molecule has 10 heteroatoms. The van der Waals surface area contributed by atoms with Gasteiger partial charge < -0.3 is 14.6 Å². The summed E-state index contributed by atoms with van der Waals surface area (Å²) in [7, 11) is 0. The summed E-state index contributed by atoms with van der Waals surface area (Å²) < 4.78 is 46.7. The Kier molecular flexibility index (Phi) is 6.60. The maximum atomic E-state index is 12.5. The van der Waals surface area contributed by atoms with Crippen LogP contribution in [0.15, 0.2) is 24.3 Å². The van der Waals surface area contributed by atoms with Crippen molar-refractivity contribution in [3.8, 4) is 0 Å². The van der Waals surface area contributed by atoms with E-state index in [0.717, 1.165) is 29.2 Å². The lowest BCUT2D eigenvalue weighted by Crippen LogP contribution is -2.48. The summed E-state index contributed by atoms with van der Waals surface area (Å²) in [6.07, 6.45) is -5.54. The standard InChI is InChI=1S/C16H18F3NO6/c1-15(2,3)20(8-12(21)22)14(24)26-9-25-13(23)10-4-6-11(7-5-10)16(17,18)19/h4-7H,8-9H2,1-3H3,(H,21,22). The molecule has 26 heavy (non-hydrogen) atoms. The van der Waals surface area contributed by atoms with E-state index in [-0.39, 0.29) is 5.56 Å². The average Bonchev–Trinajstić information content (AvgIpc) is 2.50. The number of amides is 1. The number of esters is 1. The van der Waals surface area contributed by atoms with Gasteiger partial charge in [-0.15, -0.1) is 0 Å². The van der Waals surface area contributed by atoms with Crippen molar-refractivity contribution in [2.45, 2.75) is 32.5 Å². The highest BCUT2D eigenvalue weighted by molar-refractivity contribution is 5.89. The van der Waals surface area contributed by atoms with E-state index in [2.05, 4.69) is 4.74 Å². The molecule has 0 unspecified atom stereocenters. The maximum absolute atomic E-state index is 12.5. The number of benzene rings is 1. The molecule has 0 saturated heterocycles. The third-order valence-electron chi connectivity index (χ3n) is 3.14. The van der Waals surface area contributed by atoms with Crippen LogP contribution in [0.1, 0.15) is 36.7 Å². The van der Waals surface area contributed by atoms with Crippen molar-refractivity contribution < 1.29 is 42.1 Å². The van der Waals surface area contributed by atoms with Crippen molar-refractivity contribution in [1.82, 2.24) is 4.90 Å². The fraction of sp³-hybridized carbons (Fsp3) is 0.438. The van der Waals surface area contributed by atoms with Crippen LogP contribution < -0.4 is 0 Å². The molecule has 1 amide bonds. The number of carboxylic acid groups (broad SMARTS) is 1. The second-order valence-electron chi connectivity index (χ2n) is 6.19. The molecule has 1 rings (SSSR count). The number of hydrogen-bond donors (Lipinski definition) is 1. The summed E-state index contributed by atoms with van der Waals surface area (Å²) in [5, 5.41) is 8.82. The molecule has 0 bridgehead atoms. The molecule has 0 aliphatic carbocycles. The molecule has 0 aliphatic heterocycles. The minimum absolute atomic E-state index is 0.160. The zero-order valence-corrected chi connectivity index (χ0v) is 14.3. The topological polar surface area (TPSA) is 93.1 Å². The van der Waals surface area contributed by atoms with Crippen LogP contribution in [0.25, 0.3) is 0 Å². The van der Waals surface area contributed by atoms with Crippen LogP contribution in [0.5, 0.6) is 0 Å².